The Bertz CT molecular complexity index is 544. The van der Waals surface area contributed by atoms with E-state index in [-0.39, 0.29) is 0 Å². The van der Waals surface area contributed by atoms with Gasteiger partial charge < -0.3 is 15.4 Å². The van der Waals surface area contributed by atoms with Gasteiger partial charge in [0.15, 0.2) is 10.8 Å². The highest BCUT2D eigenvalue weighted by molar-refractivity contribution is 7.15. The Kier molecular flexibility index (Phi) is 3.72. The molecule has 3 rings (SSSR count). The van der Waals surface area contributed by atoms with Gasteiger partial charge in [-0.15, -0.1) is 11.3 Å². The molecule has 0 saturated carbocycles. The second-order valence-electron chi connectivity index (χ2n) is 5.11. The summed E-state index contributed by atoms with van der Waals surface area (Å²) in [7, 11) is 2.10. The molecule has 2 aromatic rings. The molecule has 1 saturated heterocycles. The van der Waals surface area contributed by atoms with Crippen LogP contribution in [0.2, 0.25) is 0 Å². The summed E-state index contributed by atoms with van der Waals surface area (Å²) in [5.74, 6) is 1.61. The highest BCUT2D eigenvalue weighted by atomic mass is 32.1. The highest BCUT2D eigenvalue weighted by Crippen LogP contribution is 2.25. The Labute approximate surface area is 117 Å². The molecule has 2 N–H and O–H groups in total. The first-order chi connectivity index (χ1) is 9.29. The van der Waals surface area contributed by atoms with Crippen LogP contribution in [0.25, 0.3) is 4.96 Å². The molecule has 0 radical (unpaired) electrons. The van der Waals surface area contributed by atoms with Crippen LogP contribution in [-0.4, -0.2) is 36.2 Å². The quantitative estimate of drug-likeness (QED) is 0.926. The van der Waals surface area contributed by atoms with Crippen molar-refractivity contribution < 1.29 is 4.74 Å². The normalized spacial score (nSPS) is 20.0. The fourth-order valence-corrected chi connectivity index (χ4v) is 3.47. The van der Waals surface area contributed by atoms with Crippen molar-refractivity contribution >= 4 is 22.1 Å². The molecule has 1 unspecified atom stereocenters. The van der Waals surface area contributed by atoms with Gasteiger partial charge in [0.2, 0.25) is 0 Å². The molecule has 0 aromatic carbocycles. The SMILES string of the molecule is CN(CC1CCCOC1)c1nc2sccn2c1CN. The lowest BCUT2D eigenvalue weighted by Crippen LogP contribution is -2.31. The van der Waals surface area contributed by atoms with Crippen molar-refractivity contribution in [2.75, 3.05) is 31.7 Å². The number of fused-ring (bicyclic) bond motifs is 1. The van der Waals surface area contributed by atoms with Crippen LogP contribution >= 0.6 is 11.3 Å². The third-order valence-electron chi connectivity index (χ3n) is 3.68. The van der Waals surface area contributed by atoms with Gasteiger partial charge in [-0.1, -0.05) is 0 Å². The average Bonchev–Trinajstić information content (AvgIpc) is 2.99. The Morgan fingerprint density at radius 1 is 1.63 bits per heavy atom. The zero-order valence-corrected chi connectivity index (χ0v) is 12.0. The van der Waals surface area contributed by atoms with Crippen LogP contribution in [0, 0.1) is 5.92 Å². The second-order valence-corrected chi connectivity index (χ2v) is 5.98. The minimum Gasteiger partial charge on any atom is -0.381 e. The smallest absolute Gasteiger partial charge is 0.195 e. The monoisotopic (exact) mass is 280 g/mol. The summed E-state index contributed by atoms with van der Waals surface area (Å²) in [6, 6.07) is 0. The van der Waals surface area contributed by atoms with E-state index in [1.165, 1.54) is 12.8 Å². The number of rotatable bonds is 4. The van der Waals surface area contributed by atoms with E-state index >= 15 is 0 Å². The maximum atomic E-state index is 5.88. The van der Waals surface area contributed by atoms with Crippen LogP contribution in [0.4, 0.5) is 5.82 Å². The molecule has 0 aliphatic carbocycles. The molecule has 1 aliphatic heterocycles. The minimum atomic E-state index is 0.513. The Morgan fingerprint density at radius 3 is 3.26 bits per heavy atom. The average molecular weight is 280 g/mol. The third kappa shape index (κ3) is 2.48. The molecule has 0 amide bonds. The zero-order chi connectivity index (χ0) is 13.2. The first kappa shape index (κ1) is 12.9. The van der Waals surface area contributed by atoms with Crippen molar-refractivity contribution in [1.82, 2.24) is 9.38 Å². The molecule has 1 fully saturated rings. The van der Waals surface area contributed by atoms with E-state index in [0.717, 1.165) is 36.2 Å². The third-order valence-corrected chi connectivity index (χ3v) is 4.44. The van der Waals surface area contributed by atoms with E-state index in [2.05, 4.69) is 16.3 Å². The van der Waals surface area contributed by atoms with Crippen molar-refractivity contribution in [1.29, 1.82) is 0 Å². The molecule has 19 heavy (non-hydrogen) atoms. The van der Waals surface area contributed by atoms with Crippen molar-refractivity contribution in [2.45, 2.75) is 19.4 Å². The molecular formula is C13H20N4OS. The van der Waals surface area contributed by atoms with Crippen molar-refractivity contribution in [3.8, 4) is 0 Å². The van der Waals surface area contributed by atoms with Crippen LogP contribution < -0.4 is 10.6 Å². The number of thiazole rings is 1. The number of aromatic nitrogens is 2. The van der Waals surface area contributed by atoms with Gasteiger partial charge in [-0.3, -0.25) is 4.40 Å². The molecule has 0 spiro atoms. The van der Waals surface area contributed by atoms with E-state index < -0.39 is 0 Å². The Morgan fingerprint density at radius 2 is 2.53 bits per heavy atom. The standard InChI is InChI=1S/C13H20N4OS/c1-16(8-10-3-2-5-18-9-10)12-11(7-14)17-4-6-19-13(17)15-12/h4,6,10H,2-3,5,7-9,14H2,1H3. The summed E-state index contributed by atoms with van der Waals surface area (Å²) >= 11 is 1.65. The molecule has 0 bridgehead atoms. The van der Waals surface area contributed by atoms with Gasteiger partial charge in [0, 0.05) is 38.3 Å². The largest absolute Gasteiger partial charge is 0.381 e. The number of nitrogens with two attached hydrogens (primary N) is 1. The lowest BCUT2D eigenvalue weighted by atomic mass is 10.0. The van der Waals surface area contributed by atoms with Gasteiger partial charge in [-0.05, 0) is 18.8 Å². The van der Waals surface area contributed by atoms with E-state index in [1.54, 1.807) is 11.3 Å². The molecule has 1 atom stereocenters. The minimum absolute atomic E-state index is 0.513. The summed E-state index contributed by atoms with van der Waals surface area (Å²) in [6.07, 6.45) is 4.45. The molecule has 104 valence electrons. The summed E-state index contributed by atoms with van der Waals surface area (Å²) in [5.41, 5.74) is 6.98. The fraction of sp³-hybridized carbons (Fsp3) is 0.615. The van der Waals surface area contributed by atoms with Gasteiger partial charge >= 0.3 is 0 Å². The zero-order valence-electron chi connectivity index (χ0n) is 11.2. The van der Waals surface area contributed by atoms with Crippen LogP contribution in [0.5, 0.6) is 0 Å². The first-order valence-corrected chi connectivity index (χ1v) is 7.61. The van der Waals surface area contributed by atoms with Crippen molar-refractivity contribution in [3.63, 3.8) is 0 Å². The van der Waals surface area contributed by atoms with E-state index in [4.69, 9.17) is 15.5 Å². The van der Waals surface area contributed by atoms with Crippen LogP contribution in [-0.2, 0) is 11.3 Å². The fourth-order valence-electron chi connectivity index (χ4n) is 2.74. The van der Waals surface area contributed by atoms with Crippen molar-refractivity contribution in [2.24, 2.45) is 11.7 Å². The van der Waals surface area contributed by atoms with Crippen LogP contribution in [0.3, 0.4) is 0 Å². The van der Waals surface area contributed by atoms with E-state index in [0.29, 0.717) is 12.5 Å². The summed E-state index contributed by atoms with van der Waals surface area (Å²) in [4.78, 5) is 7.93. The Hall–Kier alpha value is -1.11. The number of hydrogen-bond donors (Lipinski definition) is 1. The van der Waals surface area contributed by atoms with Crippen LogP contribution in [0.1, 0.15) is 18.5 Å². The Balaban J connectivity index is 1.79. The summed E-state index contributed by atoms with van der Waals surface area (Å²) in [6.45, 7) is 3.27. The van der Waals surface area contributed by atoms with E-state index in [9.17, 15) is 0 Å². The van der Waals surface area contributed by atoms with Crippen molar-refractivity contribution in [3.05, 3.63) is 17.3 Å². The topological polar surface area (TPSA) is 55.8 Å². The lowest BCUT2D eigenvalue weighted by molar-refractivity contribution is 0.0576. The van der Waals surface area contributed by atoms with E-state index in [1.807, 2.05) is 11.6 Å². The molecule has 3 heterocycles. The van der Waals surface area contributed by atoms with Gasteiger partial charge in [0.25, 0.3) is 0 Å². The summed E-state index contributed by atoms with van der Waals surface area (Å²) in [5, 5.41) is 2.04. The number of nitrogens with zero attached hydrogens (tertiary/aromatic N) is 3. The lowest BCUT2D eigenvalue weighted by Gasteiger charge is -2.27. The van der Waals surface area contributed by atoms with Gasteiger partial charge in [0.1, 0.15) is 0 Å². The predicted molar refractivity (Wildman–Crippen MR) is 77.8 cm³/mol. The number of imidazole rings is 1. The van der Waals surface area contributed by atoms with Gasteiger partial charge in [0.05, 0.1) is 12.3 Å². The number of hydrogen-bond acceptors (Lipinski definition) is 5. The second kappa shape index (κ2) is 5.48. The van der Waals surface area contributed by atoms with Crippen LogP contribution in [0.15, 0.2) is 11.6 Å². The van der Waals surface area contributed by atoms with Gasteiger partial charge in [-0.2, -0.15) is 0 Å². The summed E-state index contributed by atoms with van der Waals surface area (Å²) < 4.78 is 7.64. The first-order valence-electron chi connectivity index (χ1n) is 6.73. The molecule has 6 heteroatoms. The maximum Gasteiger partial charge on any atom is 0.195 e. The maximum absolute atomic E-state index is 5.88. The number of ether oxygens (including phenoxy) is 1. The molecule has 2 aromatic heterocycles. The van der Waals surface area contributed by atoms with Gasteiger partial charge in [-0.25, -0.2) is 4.98 Å². The molecular weight excluding hydrogens is 260 g/mol. The predicted octanol–water partition coefficient (Wildman–Crippen LogP) is 1.72. The molecule has 5 nitrogen and oxygen atoms in total. The highest BCUT2D eigenvalue weighted by Gasteiger charge is 2.20. The molecule has 1 aliphatic rings. The number of anilines is 1.